The summed E-state index contributed by atoms with van der Waals surface area (Å²) in [5, 5.41) is 0. The van der Waals surface area contributed by atoms with E-state index in [1.54, 1.807) is 18.2 Å². The number of hydrogen-bond acceptors (Lipinski definition) is 2. The zero-order valence-electron chi connectivity index (χ0n) is 6.49. The van der Waals surface area contributed by atoms with Gasteiger partial charge in [0, 0.05) is 0 Å². The lowest BCUT2D eigenvalue weighted by Crippen LogP contribution is -1.98. The molecule has 0 N–H and O–H groups in total. The van der Waals surface area contributed by atoms with Crippen LogP contribution in [0.1, 0.15) is 15.8 Å². The van der Waals surface area contributed by atoms with Crippen LogP contribution in [0.25, 0.3) is 0 Å². The molecule has 0 saturated carbocycles. The Labute approximate surface area is 78.8 Å². The molecule has 1 rings (SSSR count). The summed E-state index contributed by atoms with van der Waals surface area (Å²) in [5.74, 6) is 0. The van der Waals surface area contributed by atoms with Gasteiger partial charge in [0.25, 0.3) is 0 Å². The van der Waals surface area contributed by atoms with Gasteiger partial charge in [0.2, 0.25) is 0 Å². The minimum absolute atomic E-state index is 0.616. The molecule has 0 radical (unpaired) electrons. The largest absolute Gasteiger partial charge is 0.771 e. The number of alkyl halides is 1. The van der Waals surface area contributed by atoms with Crippen LogP contribution >= 0.6 is 11.6 Å². The molecule has 66 valence electrons. The Morgan fingerprint density at radius 2 is 2.25 bits per heavy atom. The minimum Gasteiger partial charge on any atom is -0.771 e. The number of hydrogen-bond donors (Lipinski definition) is 0. The zero-order chi connectivity index (χ0) is 9.14. The van der Waals surface area contributed by atoms with Crippen molar-refractivity contribution >= 4 is 22.7 Å². The first-order valence-corrected chi connectivity index (χ1v) is 4.97. The van der Waals surface area contributed by atoms with Gasteiger partial charge in [0.1, 0.15) is 4.71 Å². The Kier molecular flexibility index (Phi) is 3.26. The maximum Gasteiger partial charge on any atom is 0.120 e. The number of benzene rings is 1. The molecule has 0 bridgehead atoms. The van der Waals surface area contributed by atoms with Gasteiger partial charge in [0.15, 0.2) is 0 Å². The summed E-state index contributed by atoms with van der Waals surface area (Å²) in [5.41, 5.74) is 1.62. The van der Waals surface area contributed by atoms with Crippen LogP contribution in [0.2, 0.25) is 0 Å². The summed E-state index contributed by atoms with van der Waals surface area (Å²) in [6, 6.07) is 7.13. The van der Waals surface area contributed by atoms with E-state index in [2.05, 4.69) is 0 Å². The highest BCUT2D eigenvalue weighted by Gasteiger charge is 2.06. The van der Waals surface area contributed by atoms with Crippen LogP contribution in [0, 0.1) is 6.92 Å². The van der Waals surface area contributed by atoms with Crippen molar-refractivity contribution in [2.75, 3.05) is 0 Å². The second kappa shape index (κ2) is 4.03. The summed E-state index contributed by atoms with van der Waals surface area (Å²) in [7, 11) is 0. The minimum atomic E-state index is -2.25. The molecule has 2 unspecified atom stereocenters. The molecule has 0 aromatic heterocycles. The summed E-state index contributed by atoms with van der Waals surface area (Å²) in [6.07, 6.45) is 0. The third-order valence-corrected chi connectivity index (χ3v) is 2.77. The van der Waals surface area contributed by atoms with E-state index < -0.39 is 15.8 Å². The molecule has 2 nitrogen and oxygen atoms in total. The van der Waals surface area contributed by atoms with Crippen molar-refractivity contribution in [2.24, 2.45) is 0 Å². The van der Waals surface area contributed by atoms with Crippen molar-refractivity contribution < 1.29 is 8.76 Å². The van der Waals surface area contributed by atoms with Crippen molar-refractivity contribution in [1.82, 2.24) is 0 Å². The van der Waals surface area contributed by atoms with Crippen LogP contribution in [-0.4, -0.2) is 8.76 Å². The molecule has 0 aliphatic heterocycles. The third-order valence-electron chi connectivity index (χ3n) is 1.47. The molecule has 0 aliphatic carbocycles. The molecule has 0 amide bonds. The van der Waals surface area contributed by atoms with Gasteiger partial charge < -0.3 is 4.55 Å². The Morgan fingerprint density at radius 3 is 2.75 bits per heavy atom. The third kappa shape index (κ3) is 2.30. The predicted molar refractivity (Wildman–Crippen MR) is 48.7 cm³/mol. The first-order valence-electron chi connectivity index (χ1n) is 3.40. The van der Waals surface area contributed by atoms with Crippen molar-refractivity contribution in [3.63, 3.8) is 0 Å². The van der Waals surface area contributed by atoms with Gasteiger partial charge in [-0.3, -0.25) is 4.21 Å². The molecule has 1 aromatic rings. The summed E-state index contributed by atoms with van der Waals surface area (Å²) < 4.78 is 20.0. The monoisotopic (exact) mass is 203 g/mol. The van der Waals surface area contributed by atoms with Gasteiger partial charge in [-0.2, -0.15) is 0 Å². The molecule has 12 heavy (non-hydrogen) atoms. The molecule has 4 heteroatoms. The smallest absolute Gasteiger partial charge is 0.120 e. The highest BCUT2D eigenvalue weighted by atomic mass is 35.5. The van der Waals surface area contributed by atoms with Gasteiger partial charge in [-0.25, -0.2) is 0 Å². The zero-order valence-corrected chi connectivity index (χ0v) is 8.06. The highest BCUT2D eigenvalue weighted by Crippen LogP contribution is 2.23. The van der Waals surface area contributed by atoms with Crippen molar-refractivity contribution in [1.29, 1.82) is 0 Å². The van der Waals surface area contributed by atoms with Gasteiger partial charge in [-0.05, 0) is 23.6 Å². The average Bonchev–Trinajstić information content (AvgIpc) is 2.03. The van der Waals surface area contributed by atoms with Crippen LogP contribution < -0.4 is 0 Å². The fourth-order valence-corrected chi connectivity index (χ4v) is 1.43. The molecule has 0 spiro atoms. The molecule has 0 fully saturated rings. The van der Waals surface area contributed by atoms with E-state index in [1.165, 1.54) is 0 Å². The molecule has 0 saturated heterocycles. The van der Waals surface area contributed by atoms with Crippen LogP contribution in [0.15, 0.2) is 24.3 Å². The quantitative estimate of drug-likeness (QED) is 0.546. The fraction of sp³-hybridized carbons (Fsp3) is 0.250. The lowest BCUT2D eigenvalue weighted by atomic mass is 10.2. The summed E-state index contributed by atoms with van der Waals surface area (Å²) >= 11 is 3.35. The maximum atomic E-state index is 10.5. The van der Waals surface area contributed by atoms with Crippen molar-refractivity contribution in [2.45, 2.75) is 11.6 Å². The number of rotatable bonds is 2. The summed E-state index contributed by atoms with van der Waals surface area (Å²) in [6.45, 7) is 1.89. The molecule has 0 heterocycles. The second-order valence-corrected chi connectivity index (χ2v) is 4.18. The molecule has 1 aromatic carbocycles. The van der Waals surface area contributed by atoms with E-state index in [-0.39, 0.29) is 0 Å². The van der Waals surface area contributed by atoms with E-state index in [9.17, 15) is 8.76 Å². The Balaban J connectivity index is 2.95. The predicted octanol–water partition coefficient (Wildman–Crippen LogP) is 2.11. The van der Waals surface area contributed by atoms with E-state index in [1.807, 2.05) is 13.0 Å². The van der Waals surface area contributed by atoms with Crippen LogP contribution in [0.3, 0.4) is 0 Å². The summed E-state index contributed by atoms with van der Waals surface area (Å²) in [4.78, 5) is 0. The average molecular weight is 204 g/mol. The van der Waals surface area contributed by atoms with Crippen LogP contribution in [0.5, 0.6) is 0 Å². The molecule has 2 atom stereocenters. The van der Waals surface area contributed by atoms with E-state index in [4.69, 9.17) is 11.6 Å². The van der Waals surface area contributed by atoms with Crippen molar-refractivity contribution in [3.8, 4) is 0 Å². The Hall–Kier alpha value is -0.380. The first kappa shape index (κ1) is 9.71. The van der Waals surface area contributed by atoms with Crippen LogP contribution in [0.4, 0.5) is 0 Å². The molecular formula is C8H8ClO2S-. The van der Waals surface area contributed by atoms with Gasteiger partial charge >= 0.3 is 0 Å². The standard InChI is InChI=1S/C8H9ClO2S/c1-6-3-2-4-7(5-6)8(9)12(10)11/h2-5,8H,1H3,(H,10,11)/p-1. The highest BCUT2D eigenvalue weighted by molar-refractivity contribution is 7.80. The number of aryl methyl sites for hydroxylation is 1. The maximum absolute atomic E-state index is 10.5. The second-order valence-electron chi connectivity index (χ2n) is 2.49. The van der Waals surface area contributed by atoms with E-state index >= 15 is 0 Å². The Bertz CT molecular complexity index is 301. The van der Waals surface area contributed by atoms with Crippen molar-refractivity contribution in [3.05, 3.63) is 35.4 Å². The van der Waals surface area contributed by atoms with E-state index in [0.717, 1.165) is 5.56 Å². The van der Waals surface area contributed by atoms with Gasteiger partial charge in [-0.15, -0.1) is 11.6 Å². The lowest BCUT2D eigenvalue weighted by Gasteiger charge is -2.12. The fourth-order valence-electron chi connectivity index (χ4n) is 0.922. The molecular weight excluding hydrogens is 196 g/mol. The van der Waals surface area contributed by atoms with Gasteiger partial charge in [0.05, 0.1) is 0 Å². The van der Waals surface area contributed by atoms with Crippen LogP contribution in [-0.2, 0) is 11.1 Å². The Morgan fingerprint density at radius 1 is 1.58 bits per heavy atom. The first-order chi connectivity index (χ1) is 5.61. The SMILES string of the molecule is Cc1cccc(C(Cl)S(=O)[O-])c1. The van der Waals surface area contributed by atoms with Gasteiger partial charge in [-0.1, -0.05) is 29.8 Å². The number of halogens is 1. The normalized spacial score (nSPS) is 15.6. The topological polar surface area (TPSA) is 40.1 Å². The lowest BCUT2D eigenvalue weighted by molar-refractivity contribution is 0.534. The van der Waals surface area contributed by atoms with E-state index in [0.29, 0.717) is 5.56 Å². The molecule has 0 aliphatic rings.